The maximum atomic E-state index is 11.4. The van der Waals surface area contributed by atoms with Crippen LogP contribution in [0.1, 0.15) is 28.4 Å². The third-order valence-electron chi connectivity index (χ3n) is 3.85. The highest BCUT2D eigenvalue weighted by Gasteiger charge is 2.10. The van der Waals surface area contributed by atoms with E-state index in [-0.39, 0.29) is 5.78 Å². The fourth-order valence-electron chi connectivity index (χ4n) is 2.60. The lowest BCUT2D eigenvalue weighted by molar-refractivity contribution is 0.101. The third kappa shape index (κ3) is 2.93. The minimum absolute atomic E-state index is 0.0437. The van der Waals surface area contributed by atoms with E-state index in [0.717, 1.165) is 22.4 Å². The van der Waals surface area contributed by atoms with Gasteiger partial charge in [0.15, 0.2) is 5.78 Å². The number of hydrogen-bond donors (Lipinski definition) is 0. The summed E-state index contributed by atoms with van der Waals surface area (Å²) < 4.78 is 1.92. The molecule has 0 amide bonds. The highest BCUT2D eigenvalue weighted by Crippen LogP contribution is 2.27. The number of rotatable bonds is 3. The first kappa shape index (κ1) is 14.8. The second kappa shape index (κ2) is 5.94. The van der Waals surface area contributed by atoms with Gasteiger partial charge >= 0.3 is 0 Å². The lowest BCUT2D eigenvalue weighted by Crippen LogP contribution is -1.94. The standard InChI is InChI=1S/C20H16N2O/c1-14-4-3-5-17(10-14)20-13-22(12-18(20)11-21)19-8-6-16(7-9-19)15(2)23/h3-10,12-13H,1-2H3. The number of nitriles is 1. The molecule has 0 atom stereocenters. The molecule has 0 fully saturated rings. The topological polar surface area (TPSA) is 45.8 Å². The Kier molecular flexibility index (Phi) is 3.82. The number of carbonyl (C=O) groups excluding carboxylic acids is 1. The molecule has 0 aliphatic rings. The van der Waals surface area contributed by atoms with Crippen molar-refractivity contribution in [1.82, 2.24) is 4.57 Å². The van der Waals surface area contributed by atoms with Gasteiger partial charge in [-0.25, -0.2) is 0 Å². The number of ketones is 1. The van der Waals surface area contributed by atoms with Gasteiger partial charge in [0, 0.05) is 29.2 Å². The Bertz CT molecular complexity index is 912. The predicted octanol–water partition coefficient (Wildman–Crippen LogP) is 4.53. The van der Waals surface area contributed by atoms with E-state index in [1.807, 2.05) is 54.2 Å². The molecule has 0 aliphatic carbocycles. The van der Waals surface area contributed by atoms with Crippen molar-refractivity contribution in [2.45, 2.75) is 13.8 Å². The molecule has 0 N–H and O–H groups in total. The van der Waals surface area contributed by atoms with Crippen LogP contribution in [0, 0.1) is 18.3 Å². The Morgan fingerprint density at radius 3 is 2.43 bits per heavy atom. The zero-order valence-electron chi connectivity index (χ0n) is 13.1. The molecule has 3 rings (SSSR count). The van der Waals surface area contributed by atoms with Gasteiger partial charge in [0.2, 0.25) is 0 Å². The third-order valence-corrected chi connectivity index (χ3v) is 3.85. The first-order valence-electron chi connectivity index (χ1n) is 7.39. The van der Waals surface area contributed by atoms with Gasteiger partial charge in [0.25, 0.3) is 0 Å². The maximum absolute atomic E-state index is 11.4. The van der Waals surface area contributed by atoms with Crippen LogP contribution < -0.4 is 0 Å². The van der Waals surface area contributed by atoms with Crippen LogP contribution >= 0.6 is 0 Å². The summed E-state index contributed by atoms with van der Waals surface area (Å²) in [6.45, 7) is 3.58. The highest BCUT2D eigenvalue weighted by molar-refractivity contribution is 5.94. The number of benzene rings is 2. The van der Waals surface area contributed by atoms with Crippen LogP contribution in [0.5, 0.6) is 0 Å². The van der Waals surface area contributed by atoms with Gasteiger partial charge in [0.05, 0.1) is 5.56 Å². The molecule has 0 bridgehead atoms. The fraction of sp³-hybridized carbons (Fsp3) is 0.100. The molecule has 1 heterocycles. The van der Waals surface area contributed by atoms with Crippen molar-refractivity contribution in [2.24, 2.45) is 0 Å². The van der Waals surface area contributed by atoms with Crippen molar-refractivity contribution >= 4 is 5.78 Å². The molecular weight excluding hydrogens is 284 g/mol. The Morgan fingerprint density at radius 2 is 1.83 bits per heavy atom. The summed E-state index contributed by atoms with van der Waals surface area (Å²) in [5.74, 6) is 0.0437. The summed E-state index contributed by atoms with van der Waals surface area (Å²) in [5, 5.41) is 9.42. The van der Waals surface area contributed by atoms with Crippen molar-refractivity contribution < 1.29 is 4.79 Å². The molecule has 0 saturated carbocycles. The number of Topliss-reactive ketones (excluding diaryl/α,β-unsaturated/α-hetero) is 1. The Labute approximate surface area is 135 Å². The smallest absolute Gasteiger partial charge is 0.159 e. The Morgan fingerprint density at radius 1 is 1.09 bits per heavy atom. The van der Waals surface area contributed by atoms with E-state index in [9.17, 15) is 10.1 Å². The van der Waals surface area contributed by atoms with Crippen LogP contribution in [0.3, 0.4) is 0 Å². The van der Waals surface area contributed by atoms with E-state index in [1.54, 1.807) is 19.1 Å². The lowest BCUT2D eigenvalue weighted by Gasteiger charge is -2.04. The molecule has 112 valence electrons. The zero-order chi connectivity index (χ0) is 16.4. The van der Waals surface area contributed by atoms with Crippen molar-refractivity contribution in [1.29, 1.82) is 5.26 Å². The summed E-state index contributed by atoms with van der Waals surface area (Å²) in [5.41, 5.74) is 5.33. The van der Waals surface area contributed by atoms with Crippen LogP contribution in [0.15, 0.2) is 60.9 Å². The Balaban J connectivity index is 2.05. The molecule has 0 saturated heterocycles. The average Bonchev–Trinajstić information content (AvgIpc) is 2.99. The van der Waals surface area contributed by atoms with Crippen molar-refractivity contribution in [2.75, 3.05) is 0 Å². The zero-order valence-corrected chi connectivity index (χ0v) is 13.1. The van der Waals surface area contributed by atoms with Gasteiger partial charge in [-0.1, -0.05) is 29.8 Å². The van der Waals surface area contributed by atoms with Gasteiger partial charge in [-0.2, -0.15) is 5.26 Å². The molecule has 0 aliphatic heterocycles. The molecule has 3 nitrogen and oxygen atoms in total. The largest absolute Gasteiger partial charge is 0.322 e. The van der Waals surface area contributed by atoms with Crippen LogP contribution in [0.2, 0.25) is 0 Å². The summed E-state index contributed by atoms with van der Waals surface area (Å²) in [4.78, 5) is 11.4. The van der Waals surface area contributed by atoms with Crippen LogP contribution in [-0.4, -0.2) is 10.4 Å². The van der Waals surface area contributed by atoms with E-state index < -0.39 is 0 Å². The molecule has 23 heavy (non-hydrogen) atoms. The first-order chi connectivity index (χ1) is 11.1. The van der Waals surface area contributed by atoms with Gasteiger partial charge < -0.3 is 4.57 Å². The van der Waals surface area contributed by atoms with Gasteiger partial charge in [0.1, 0.15) is 6.07 Å². The number of carbonyl (C=O) groups is 1. The minimum Gasteiger partial charge on any atom is -0.322 e. The molecule has 0 radical (unpaired) electrons. The predicted molar refractivity (Wildman–Crippen MR) is 90.7 cm³/mol. The van der Waals surface area contributed by atoms with Crippen molar-refractivity contribution in [3.63, 3.8) is 0 Å². The van der Waals surface area contributed by atoms with Crippen LogP contribution in [0.25, 0.3) is 16.8 Å². The van der Waals surface area contributed by atoms with Gasteiger partial charge in [-0.3, -0.25) is 4.79 Å². The maximum Gasteiger partial charge on any atom is 0.159 e. The lowest BCUT2D eigenvalue weighted by atomic mass is 10.0. The quantitative estimate of drug-likeness (QED) is 0.667. The minimum atomic E-state index is 0.0437. The number of hydrogen-bond acceptors (Lipinski definition) is 2. The summed E-state index contributed by atoms with van der Waals surface area (Å²) in [6, 6.07) is 17.7. The number of nitrogens with zero attached hydrogens (tertiary/aromatic N) is 2. The van der Waals surface area contributed by atoms with Gasteiger partial charge in [-0.15, -0.1) is 0 Å². The van der Waals surface area contributed by atoms with Gasteiger partial charge in [-0.05, 0) is 43.7 Å². The summed E-state index contributed by atoms with van der Waals surface area (Å²) in [6.07, 6.45) is 3.77. The monoisotopic (exact) mass is 300 g/mol. The summed E-state index contributed by atoms with van der Waals surface area (Å²) >= 11 is 0. The molecule has 3 heteroatoms. The van der Waals surface area contributed by atoms with E-state index in [0.29, 0.717) is 11.1 Å². The fourth-order valence-corrected chi connectivity index (χ4v) is 2.60. The first-order valence-corrected chi connectivity index (χ1v) is 7.39. The van der Waals surface area contributed by atoms with Crippen molar-refractivity contribution in [3.8, 4) is 22.9 Å². The second-order valence-corrected chi connectivity index (χ2v) is 5.58. The highest BCUT2D eigenvalue weighted by atomic mass is 16.1. The molecular formula is C20H16N2O. The SMILES string of the molecule is CC(=O)c1ccc(-n2cc(C#N)c(-c3cccc(C)c3)c2)cc1. The van der Waals surface area contributed by atoms with Crippen molar-refractivity contribution in [3.05, 3.63) is 77.6 Å². The molecule has 1 aromatic heterocycles. The average molecular weight is 300 g/mol. The van der Waals surface area contributed by atoms with E-state index in [4.69, 9.17) is 0 Å². The Hall–Kier alpha value is -3.12. The molecule has 2 aromatic carbocycles. The molecule has 3 aromatic rings. The molecule has 0 unspecified atom stereocenters. The number of aryl methyl sites for hydroxylation is 1. The second-order valence-electron chi connectivity index (χ2n) is 5.58. The molecule has 0 spiro atoms. The van der Waals surface area contributed by atoms with Crippen LogP contribution in [-0.2, 0) is 0 Å². The summed E-state index contributed by atoms with van der Waals surface area (Å²) in [7, 11) is 0. The number of aromatic nitrogens is 1. The normalized spacial score (nSPS) is 10.3. The van der Waals surface area contributed by atoms with E-state index in [1.165, 1.54) is 0 Å². The van der Waals surface area contributed by atoms with E-state index in [2.05, 4.69) is 12.1 Å². The van der Waals surface area contributed by atoms with E-state index >= 15 is 0 Å². The van der Waals surface area contributed by atoms with Crippen LogP contribution in [0.4, 0.5) is 0 Å².